The maximum Gasteiger partial charge on any atom is -0.0236 e. The monoisotopic (exact) mass is 308 g/mol. The Morgan fingerprint density at radius 3 is 1.18 bits per heavy atom. The highest BCUT2D eigenvalue weighted by molar-refractivity contribution is 4.78. The van der Waals surface area contributed by atoms with Crippen molar-refractivity contribution in [3.63, 3.8) is 0 Å². The van der Waals surface area contributed by atoms with Crippen LogP contribution in [0.1, 0.15) is 123 Å². The third kappa shape index (κ3) is 16.1. The quantitative estimate of drug-likeness (QED) is 0.176. The van der Waals surface area contributed by atoms with Crippen LogP contribution in [0.25, 0.3) is 0 Å². The molecule has 1 unspecified atom stereocenters. The molecule has 0 spiro atoms. The van der Waals surface area contributed by atoms with Gasteiger partial charge in [-0.1, -0.05) is 116 Å². The lowest BCUT2D eigenvalue weighted by molar-refractivity contribution is 0.464. The Morgan fingerprint density at radius 1 is 0.545 bits per heavy atom. The maximum atomic E-state index is 4.05. The number of hydrogen-bond acceptors (Lipinski definition) is 0. The summed E-state index contributed by atoms with van der Waals surface area (Å²) in [6, 6.07) is 0. The summed E-state index contributed by atoms with van der Waals surface area (Å²) in [5, 5.41) is 0. The van der Waals surface area contributed by atoms with Crippen LogP contribution in [0.3, 0.4) is 0 Å². The van der Waals surface area contributed by atoms with Crippen LogP contribution in [-0.4, -0.2) is 0 Å². The minimum absolute atomic E-state index is 0.788. The summed E-state index contributed by atoms with van der Waals surface area (Å²) >= 11 is 0. The highest BCUT2D eigenvalue weighted by atomic mass is 14.1. The molecule has 0 saturated carbocycles. The number of hydrogen-bond donors (Lipinski definition) is 0. The standard InChI is InChI=1S/C22H44/c1-4-7-9-11-13-15-17-19-21-22(6-3)20-18-16-14-12-10-8-5-2/h6,22H,3-5,7-21H2,1-2H3. The average molecular weight is 309 g/mol. The molecule has 0 radical (unpaired) electrons. The lowest BCUT2D eigenvalue weighted by atomic mass is 9.94. The molecule has 132 valence electrons. The highest BCUT2D eigenvalue weighted by Crippen LogP contribution is 2.20. The lowest BCUT2D eigenvalue weighted by Crippen LogP contribution is -1.97. The van der Waals surface area contributed by atoms with Gasteiger partial charge in [-0.05, 0) is 18.8 Å². The third-order valence-corrected chi connectivity index (χ3v) is 4.94. The van der Waals surface area contributed by atoms with E-state index >= 15 is 0 Å². The van der Waals surface area contributed by atoms with Gasteiger partial charge < -0.3 is 0 Å². The van der Waals surface area contributed by atoms with Gasteiger partial charge in [0.2, 0.25) is 0 Å². The SMILES string of the molecule is C=CC(CCCCCCCCC)CCCCCCCCCC. The largest absolute Gasteiger partial charge is 0.103 e. The predicted molar refractivity (Wildman–Crippen MR) is 104 cm³/mol. The van der Waals surface area contributed by atoms with Gasteiger partial charge in [0.1, 0.15) is 0 Å². The fourth-order valence-electron chi connectivity index (χ4n) is 3.28. The first-order valence-corrected chi connectivity index (χ1v) is 10.5. The molecular weight excluding hydrogens is 264 g/mol. The molecule has 0 rings (SSSR count). The summed E-state index contributed by atoms with van der Waals surface area (Å²) < 4.78 is 0. The van der Waals surface area contributed by atoms with Crippen LogP contribution in [0.15, 0.2) is 12.7 Å². The first-order chi connectivity index (χ1) is 10.8. The Hall–Kier alpha value is -0.260. The van der Waals surface area contributed by atoms with Crippen LogP contribution < -0.4 is 0 Å². The topological polar surface area (TPSA) is 0 Å². The van der Waals surface area contributed by atoms with Crippen molar-refractivity contribution in [1.29, 1.82) is 0 Å². The Kier molecular flexibility index (Phi) is 18.6. The number of allylic oxidation sites excluding steroid dienone is 1. The fourth-order valence-corrected chi connectivity index (χ4v) is 3.28. The molecule has 0 aliphatic rings. The Balaban J connectivity index is 3.31. The van der Waals surface area contributed by atoms with E-state index < -0.39 is 0 Å². The summed E-state index contributed by atoms with van der Waals surface area (Å²) in [6.45, 7) is 8.63. The second kappa shape index (κ2) is 18.8. The second-order valence-electron chi connectivity index (χ2n) is 7.17. The van der Waals surface area contributed by atoms with Gasteiger partial charge >= 0.3 is 0 Å². The van der Waals surface area contributed by atoms with Gasteiger partial charge in [0.25, 0.3) is 0 Å². The van der Waals surface area contributed by atoms with Gasteiger partial charge in [-0.15, -0.1) is 6.58 Å². The molecule has 0 aromatic carbocycles. The van der Waals surface area contributed by atoms with Crippen molar-refractivity contribution < 1.29 is 0 Å². The molecule has 0 fully saturated rings. The molecule has 0 amide bonds. The van der Waals surface area contributed by atoms with Crippen LogP contribution in [0.5, 0.6) is 0 Å². The van der Waals surface area contributed by atoms with Crippen LogP contribution in [0.4, 0.5) is 0 Å². The van der Waals surface area contributed by atoms with Crippen molar-refractivity contribution in [1.82, 2.24) is 0 Å². The van der Waals surface area contributed by atoms with Gasteiger partial charge in [0.15, 0.2) is 0 Å². The molecule has 0 N–H and O–H groups in total. The third-order valence-electron chi connectivity index (χ3n) is 4.94. The van der Waals surface area contributed by atoms with Crippen LogP contribution in [0, 0.1) is 5.92 Å². The van der Waals surface area contributed by atoms with E-state index in [1.54, 1.807) is 0 Å². The predicted octanol–water partition coefficient (Wildman–Crippen LogP) is 8.46. The summed E-state index contributed by atoms with van der Waals surface area (Å²) in [6.07, 6.45) is 26.4. The Labute approximate surface area is 142 Å². The Bertz CT molecular complexity index is 206. The molecule has 0 heteroatoms. The van der Waals surface area contributed by atoms with Gasteiger partial charge in [-0.2, -0.15) is 0 Å². The van der Waals surface area contributed by atoms with Gasteiger partial charge in [0.05, 0.1) is 0 Å². The highest BCUT2D eigenvalue weighted by Gasteiger charge is 2.04. The van der Waals surface area contributed by atoms with Crippen LogP contribution in [-0.2, 0) is 0 Å². The van der Waals surface area contributed by atoms with Gasteiger partial charge in [-0.25, -0.2) is 0 Å². The zero-order valence-corrected chi connectivity index (χ0v) is 15.9. The second-order valence-corrected chi connectivity index (χ2v) is 7.17. The molecule has 0 bridgehead atoms. The number of unbranched alkanes of at least 4 members (excludes halogenated alkanes) is 13. The molecule has 0 aromatic heterocycles. The lowest BCUT2D eigenvalue weighted by Gasteiger charge is -2.12. The van der Waals surface area contributed by atoms with E-state index in [4.69, 9.17) is 0 Å². The summed E-state index contributed by atoms with van der Waals surface area (Å²) in [5.41, 5.74) is 0. The van der Waals surface area contributed by atoms with E-state index in [-0.39, 0.29) is 0 Å². The van der Waals surface area contributed by atoms with E-state index in [0.29, 0.717) is 0 Å². The van der Waals surface area contributed by atoms with Crippen molar-refractivity contribution >= 4 is 0 Å². The minimum atomic E-state index is 0.788. The molecular formula is C22H44. The fraction of sp³-hybridized carbons (Fsp3) is 0.909. The van der Waals surface area contributed by atoms with Gasteiger partial charge in [0, 0.05) is 0 Å². The summed E-state index contributed by atoms with van der Waals surface area (Å²) in [4.78, 5) is 0. The van der Waals surface area contributed by atoms with E-state index in [9.17, 15) is 0 Å². The van der Waals surface area contributed by atoms with E-state index in [1.807, 2.05) is 0 Å². The normalized spacial score (nSPS) is 12.5. The Morgan fingerprint density at radius 2 is 0.864 bits per heavy atom. The first-order valence-electron chi connectivity index (χ1n) is 10.5. The van der Waals surface area contributed by atoms with E-state index in [0.717, 1.165) is 5.92 Å². The molecule has 0 aliphatic carbocycles. The first kappa shape index (κ1) is 21.7. The molecule has 22 heavy (non-hydrogen) atoms. The number of rotatable bonds is 18. The summed E-state index contributed by atoms with van der Waals surface area (Å²) in [5.74, 6) is 0.788. The molecule has 0 saturated heterocycles. The maximum absolute atomic E-state index is 4.05. The van der Waals surface area contributed by atoms with Crippen molar-refractivity contribution in [2.45, 2.75) is 123 Å². The summed E-state index contributed by atoms with van der Waals surface area (Å²) in [7, 11) is 0. The molecule has 0 aromatic rings. The average Bonchev–Trinajstić information content (AvgIpc) is 2.54. The molecule has 0 aliphatic heterocycles. The molecule has 0 nitrogen and oxygen atoms in total. The smallest absolute Gasteiger partial charge is 0.0236 e. The van der Waals surface area contributed by atoms with E-state index in [1.165, 1.54) is 109 Å². The van der Waals surface area contributed by atoms with Crippen molar-refractivity contribution in [2.24, 2.45) is 5.92 Å². The van der Waals surface area contributed by atoms with Crippen molar-refractivity contribution in [2.75, 3.05) is 0 Å². The van der Waals surface area contributed by atoms with Crippen LogP contribution in [0.2, 0.25) is 0 Å². The zero-order valence-electron chi connectivity index (χ0n) is 15.9. The van der Waals surface area contributed by atoms with Crippen molar-refractivity contribution in [3.05, 3.63) is 12.7 Å². The zero-order chi connectivity index (χ0) is 16.3. The van der Waals surface area contributed by atoms with Crippen molar-refractivity contribution in [3.8, 4) is 0 Å². The molecule has 0 heterocycles. The van der Waals surface area contributed by atoms with E-state index in [2.05, 4.69) is 26.5 Å². The molecule has 1 atom stereocenters. The van der Waals surface area contributed by atoms with Gasteiger partial charge in [-0.3, -0.25) is 0 Å². The minimum Gasteiger partial charge on any atom is -0.103 e. The van der Waals surface area contributed by atoms with Crippen LogP contribution >= 0.6 is 0 Å².